The van der Waals surface area contributed by atoms with Gasteiger partial charge < -0.3 is 20.5 Å². The molecule has 0 aromatic carbocycles. The van der Waals surface area contributed by atoms with Crippen molar-refractivity contribution in [2.24, 2.45) is 0 Å². The summed E-state index contributed by atoms with van der Waals surface area (Å²) in [6.45, 7) is 12.1. The highest BCUT2D eigenvalue weighted by Crippen LogP contribution is 2.18. The molecule has 0 aliphatic rings. The minimum atomic E-state index is -0.559. The summed E-state index contributed by atoms with van der Waals surface area (Å²) in [5.74, 6) is 0.844. The molecule has 0 spiro atoms. The summed E-state index contributed by atoms with van der Waals surface area (Å²) in [5, 5.41) is 16.0. The fraction of sp³-hybridized carbons (Fsp3) is 0.786. The predicted molar refractivity (Wildman–Crippen MR) is 83.8 cm³/mol. The van der Waals surface area contributed by atoms with Crippen molar-refractivity contribution >= 4 is 11.9 Å². The number of hydrogen-bond acceptors (Lipinski definition) is 7. The Morgan fingerprint density at radius 2 is 1.76 bits per heavy atom. The van der Waals surface area contributed by atoms with Crippen molar-refractivity contribution < 1.29 is 9.84 Å². The van der Waals surface area contributed by atoms with Crippen LogP contribution in [0.1, 0.15) is 48.0 Å². The van der Waals surface area contributed by atoms with E-state index in [-0.39, 0.29) is 12.1 Å². The highest BCUT2D eigenvalue weighted by molar-refractivity contribution is 5.38. The highest BCUT2D eigenvalue weighted by atomic mass is 16.5. The van der Waals surface area contributed by atoms with Gasteiger partial charge in [0, 0.05) is 6.54 Å². The van der Waals surface area contributed by atoms with Gasteiger partial charge in [-0.3, -0.25) is 0 Å². The number of hydrogen-bond donors (Lipinski definition) is 3. The van der Waals surface area contributed by atoms with Crippen LogP contribution in [0.25, 0.3) is 0 Å². The molecule has 1 heterocycles. The van der Waals surface area contributed by atoms with Crippen LogP contribution in [0.3, 0.4) is 0 Å². The SMILES string of the molecule is CCCNc1nc(NC(C)(C)C(C)O)nc(OC(C)C)n1. The third kappa shape index (κ3) is 5.71. The minimum absolute atomic E-state index is 0.0240. The van der Waals surface area contributed by atoms with Gasteiger partial charge in [0.25, 0.3) is 0 Å². The maximum atomic E-state index is 9.79. The third-order valence-electron chi connectivity index (χ3n) is 2.97. The predicted octanol–water partition coefficient (Wildman–Crippen LogP) is 2.05. The molecule has 7 heteroatoms. The van der Waals surface area contributed by atoms with Crippen LogP contribution in [0.5, 0.6) is 6.01 Å². The van der Waals surface area contributed by atoms with Crippen molar-refractivity contribution in [2.75, 3.05) is 17.2 Å². The average Bonchev–Trinajstić information content (AvgIpc) is 2.34. The zero-order valence-electron chi connectivity index (χ0n) is 13.8. The van der Waals surface area contributed by atoms with Crippen LogP contribution < -0.4 is 15.4 Å². The van der Waals surface area contributed by atoms with Gasteiger partial charge in [-0.2, -0.15) is 15.0 Å². The van der Waals surface area contributed by atoms with Gasteiger partial charge in [0.1, 0.15) is 0 Å². The normalized spacial score (nSPS) is 13.1. The largest absolute Gasteiger partial charge is 0.461 e. The first-order valence-electron chi connectivity index (χ1n) is 7.37. The molecule has 0 fully saturated rings. The van der Waals surface area contributed by atoms with Crippen LogP contribution in [-0.4, -0.2) is 44.4 Å². The fourth-order valence-electron chi connectivity index (χ4n) is 1.38. The molecule has 1 rings (SSSR count). The smallest absolute Gasteiger partial charge is 0.323 e. The summed E-state index contributed by atoms with van der Waals surface area (Å²) >= 11 is 0. The molecule has 7 nitrogen and oxygen atoms in total. The Balaban J connectivity index is 3.00. The molecule has 1 unspecified atom stereocenters. The van der Waals surface area contributed by atoms with E-state index in [2.05, 4.69) is 32.5 Å². The zero-order valence-corrected chi connectivity index (χ0v) is 13.8. The minimum Gasteiger partial charge on any atom is -0.461 e. The van der Waals surface area contributed by atoms with Crippen LogP contribution in [0, 0.1) is 0 Å². The van der Waals surface area contributed by atoms with E-state index < -0.39 is 11.6 Å². The lowest BCUT2D eigenvalue weighted by Crippen LogP contribution is -2.42. The summed E-state index contributed by atoms with van der Waals surface area (Å²) in [6.07, 6.45) is 0.383. The van der Waals surface area contributed by atoms with E-state index in [1.807, 2.05) is 27.7 Å². The maximum absolute atomic E-state index is 9.79. The molecule has 21 heavy (non-hydrogen) atoms. The van der Waals surface area contributed by atoms with E-state index in [0.717, 1.165) is 13.0 Å². The Kier molecular flexibility index (Phi) is 6.14. The Morgan fingerprint density at radius 3 is 2.29 bits per heavy atom. The lowest BCUT2D eigenvalue weighted by Gasteiger charge is -2.29. The third-order valence-corrected chi connectivity index (χ3v) is 2.97. The lowest BCUT2D eigenvalue weighted by atomic mass is 9.99. The quantitative estimate of drug-likeness (QED) is 0.676. The van der Waals surface area contributed by atoms with Gasteiger partial charge in [0.05, 0.1) is 17.7 Å². The topological polar surface area (TPSA) is 92.2 Å². The summed E-state index contributed by atoms with van der Waals surface area (Å²) < 4.78 is 5.55. The van der Waals surface area contributed by atoms with Crippen molar-refractivity contribution in [2.45, 2.75) is 65.7 Å². The van der Waals surface area contributed by atoms with E-state index >= 15 is 0 Å². The molecular formula is C14H27N5O2. The van der Waals surface area contributed by atoms with Crippen molar-refractivity contribution in [1.82, 2.24) is 15.0 Å². The van der Waals surface area contributed by atoms with E-state index in [1.165, 1.54) is 0 Å². The van der Waals surface area contributed by atoms with Gasteiger partial charge >= 0.3 is 6.01 Å². The molecule has 0 amide bonds. The molecule has 1 aromatic heterocycles. The maximum Gasteiger partial charge on any atom is 0.323 e. The molecule has 1 aromatic rings. The lowest BCUT2D eigenvalue weighted by molar-refractivity contribution is 0.132. The van der Waals surface area contributed by atoms with Crippen molar-refractivity contribution in [3.63, 3.8) is 0 Å². The molecule has 0 aliphatic carbocycles. The van der Waals surface area contributed by atoms with E-state index in [1.54, 1.807) is 6.92 Å². The Labute approximate surface area is 126 Å². The number of nitrogens with one attached hydrogen (secondary N) is 2. The van der Waals surface area contributed by atoms with E-state index in [4.69, 9.17) is 4.74 Å². The first-order valence-corrected chi connectivity index (χ1v) is 7.37. The summed E-state index contributed by atoms with van der Waals surface area (Å²) in [5.41, 5.74) is -0.557. The molecule has 0 aliphatic heterocycles. The molecule has 0 saturated heterocycles. The summed E-state index contributed by atoms with van der Waals surface area (Å²) in [4.78, 5) is 12.8. The molecule has 0 radical (unpaired) electrons. The van der Waals surface area contributed by atoms with E-state index in [9.17, 15) is 5.11 Å². The second-order valence-corrected chi connectivity index (χ2v) is 5.88. The van der Waals surface area contributed by atoms with Gasteiger partial charge in [-0.25, -0.2) is 0 Å². The zero-order chi connectivity index (χ0) is 16.0. The second-order valence-electron chi connectivity index (χ2n) is 5.88. The highest BCUT2D eigenvalue weighted by Gasteiger charge is 2.25. The molecular weight excluding hydrogens is 270 g/mol. The molecule has 120 valence electrons. The second kappa shape index (κ2) is 7.40. The van der Waals surface area contributed by atoms with Gasteiger partial charge in [-0.1, -0.05) is 6.92 Å². The Morgan fingerprint density at radius 1 is 1.14 bits per heavy atom. The summed E-state index contributed by atoms with van der Waals surface area (Å²) in [6, 6.07) is 0.266. The monoisotopic (exact) mass is 297 g/mol. The number of aromatic nitrogens is 3. The molecule has 0 saturated carbocycles. The van der Waals surface area contributed by atoms with Gasteiger partial charge in [0.2, 0.25) is 11.9 Å². The van der Waals surface area contributed by atoms with Crippen LogP contribution in [0.15, 0.2) is 0 Å². The van der Waals surface area contributed by atoms with Crippen LogP contribution in [0.4, 0.5) is 11.9 Å². The van der Waals surface area contributed by atoms with Crippen LogP contribution >= 0.6 is 0 Å². The van der Waals surface area contributed by atoms with Crippen molar-refractivity contribution in [3.8, 4) is 6.01 Å². The first kappa shape index (κ1) is 17.4. The standard InChI is InChI=1S/C14H27N5O2/c1-7-8-15-11-16-12(19-14(5,6)10(4)20)18-13(17-11)21-9(2)3/h9-10,20H,7-8H2,1-6H3,(H2,15,16,17,18,19). The average molecular weight is 297 g/mol. The molecule has 3 N–H and O–H groups in total. The number of anilines is 2. The Bertz CT molecular complexity index is 449. The summed E-state index contributed by atoms with van der Waals surface area (Å²) in [7, 11) is 0. The number of aliphatic hydroxyl groups excluding tert-OH is 1. The molecule has 1 atom stereocenters. The Hall–Kier alpha value is -1.63. The van der Waals surface area contributed by atoms with Crippen molar-refractivity contribution in [1.29, 1.82) is 0 Å². The first-order chi connectivity index (χ1) is 9.74. The van der Waals surface area contributed by atoms with Gasteiger partial charge in [-0.15, -0.1) is 0 Å². The fourth-order valence-corrected chi connectivity index (χ4v) is 1.38. The van der Waals surface area contributed by atoms with Gasteiger partial charge in [0.15, 0.2) is 0 Å². The number of ether oxygens (including phenoxy) is 1. The number of rotatable bonds is 8. The van der Waals surface area contributed by atoms with Crippen LogP contribution in [0.2, 0.25) is 0 Å². The van der Waals surface area contributed by atoms with Crippen molar-refractivity contribution in [3.05, 3.63) is 0 Å². The number of nitrogens with zero attached hydrogens (tertiary/aromatic N) is 3. The number of aliphatic hydroxyl groups is 1. The van der Waals surface area contributed by atoms with Gasteiger partial charge in [-0.05, 0) is 41.0 Å². The van der Waals surface area contributed by atoms with E-state index in [0.29, 0.717) is 11.9 Å². The van der Waals surface area contributed by atoms with Crippen LogP contribution in [-0.2, 0) is 0 Å². The molecule has 0 bridgehead atoms.